The minimum atomic E-state index is 0. The third kappa shape index (κ3) is 24.7. The number of carbonyl (C=O) groups is 1. The van der Waals surface area contributed by atoms with E-state index in [0.29, 0.717) is 0 Å². The summed E-state index contributed by atoms with van der Waals surface area (Å²) in [7, 11) is 0. The largest absolute Gasteiger partial charge is 2.00 e. The van der Waals surface area contributed by atoms with E-state index in [1.807, 2.05) is 45.8 Å². The number of rotatable bonds is 1. The number of carbonyl (C=O) groups excluding carboxylic acids is 1. The van der Waals surface area contributed by atoms with Gasteiger partial charge in [0.2, 0.25) is 0 Å². The summed E-state index contributed by atoms with van der Waals surface area (Å²) in [5, 5.41) is 0. The van der Waals surface area contributed by atoms with Gasteiger partial charge >= 0.3 is 26.2 Å². The van der Waals surface area contributed by atoms with Crippen LogP contribution in [0.25, 0.3) is 0 Å². The average Bonchev–Trinajstić information content (AvgIpc) is 2.61. The maximum atomic E-state index is 8.00. The fourth-order valence-electron chi connectivity index (χ4n) is 0.796. The van der Waals surface area contributed by atoms with Crippen molar-refractivity contribution >= 4 is 6.79 Å². The van der Waals surface area contributed by atoms with E-state index < -0.39 is 0 Å². The fourth-order valence-corrected chi connectivity index (χ4v) is 0.796. The molecule has 0 bridgehead atoms. The van der Waals surface area contributed by atoms with E-state index in [2.05, 4.69) is 12.2 Å². The summed E-state index contributed by atoms with van der Waals surface area (Å²) in [5.74, 6) is 0. The van der Waals surface area contributed by atoms with Crippen molar-refractivity contribution in [2.75, 3.05) is 0 Å². The zero-order valence-corrected chi connectivity index (χ0v) is 12.2. The van der Waals surface area contributed by atoms with Gasteiger partial charge in [-0.15, -0.1) is 6.42 Å². The summed E-state index contributed by atoms with van der Waals surface area (Å²) in [6.07, 6.45) is 11.9. The molecule has 1 aliphatic rings. The van der Waals surface area contributed by atoms with Crippen LogP contribution in [0.5, 0.6) is 0 Å². The second-order valence-electron chi connectivity index (χ2n) is 2.97. The van der Waals surface area contributed by atoms with Gasteiger partial charge in [-0.3, -0.25) is 12.7 Å². The van der Waals surface area contributed by atoms with Crippen LogP contribution >= 0.6 is 0 Å². The summed E-state index contributed by atoms with van der Waals surface area (Å²) in [6, 6.07) is 0. The first kappa shape index (κ1) is 20.0. The van der Waals surface area contributed by atoms with Crippen molar-refractivity contribution < 1.29 is 31.0 Å². The van der Waals surface area contributed by atoms with Gasteiger partial charge in [-0.05, 0) is 0 Å². The molecule has 0 atom stereocenters. The molecule has 0 unspecified atom stereocenters. The standard InChI is InChI=1S/C7H11.C5H5.CH2O.Zr/c1-6(2)5-7(3)4;1-2-4-5-3-1;1-2;/h1,5H,2-4H3;1-3H,4H2;1H2;/q2*-1;;+2. The van der Waals surface area contributed by atoms with Crippen molar-refractivity contribution in [2.45, 2.75) is 27.2 Å². The van der Waals surface area contributed by atoms with Gasteiger partial charge in [0.15, 0.2) is 0 Å². The number of hydrogen-bond acceptors (Lipinski definition) is 1. The Kier molecular flexibility index (Phi) is 21.3. The van der Waals surface area contributed by atoms with Gasteiger partial charge in [0.05, 0.1) is 0 Å². The first-order valence-electron chi connectivity index (χ1n) is 4.37. The van der Waals surface area contributed by atoms with Gasteiger partial charge in [-0.25, -0.2) is 23.8 Å². The first-order valence-corrected chi connectivity index (χ1v) is 4.37. The van der Waals surface area contributed by atoms with Crippen LogP contribution in [-0.2, 0) is 31.0 Å². The second-order valence-corrected chi connectivity index (χ2v) is 2.97. The maximum Gasteiger partial charge on any atom is 2.00 e. The fraction of sp³-hybridized carbons (Fsp3) is 0.308. The molecule has 0 spiro atoms. The minimum Gasteiger partial charge on any atom is -0.307 e. The Morgan fingerprint density at radius 3 is 2.00 bits per heavy atom. The van der Waals surface area contributed by atoms with Gasteiger partial charge < -0.3 is 4.79 Å². The third-order valence-corrected chi connectivity index (χ3v) is 1.10. The molecule has 2 heteroatoms. The molecule has 15 heavy (non-hydrogen) atoms. The zero-order valence-electron chi connectivity index (χ0n) is 9.71. The summed E-state index contributed by atoms with van der Waals surface area (Å²) in [6.45, 7) is 13.3. The van der Waals surface area contributed by atoms with Crippen molar-refractivity contribution in [1.29, 1.82) is 0 Å². The quantitative estimate of drug-likeness (QED) is 0.531. The monoisotopic (exact) mass is 280 g/mol. The van der Waals surface area contributed by atoms with Gasteiger partial charge in [-0.2, -0.15) is 11.6 Å². The van der Waals surface area contributed by atoms with Crippen molar-refractivity contribution in [2.24, 2.45) is 0 Å². The molecule has 0 aromatic carbocycles. The second kappa shape index (κ2) is 16.0. The molecule has 1 aliphatic carbocycles. The molecule has 0 amide bonds. The molecule has 0 fully saturated rings. The van der Waals surface area contributed by atoms with Crippen molar-refractivity contribution in [1.82, 2.24) is 0 Å². The van der Waals surface area contributed by atoms with E-state index >= 15 is 0 Å². The molecule has 0 saturated heterocycles. The Morgan fingerprint density at radius 1 is 1.40 bits per heavy atom. The van der Waals surface area contributed by atoms with Crippen LogP contribution in [0.2, 0.25) is 0 Å². The summed E-state index contributed by atoms with van der Waals surface area (Å²) < 4.78 is 0. The summed E-state index contributed by atoms with van der Waals surface area (Å²) >= 11 is 0. The van der Waals surface area contributed by atoms with E-state index in [4.69, 9.17) is 11.4 Å². The van der Waals surface area contributed by atoms with Crippen LogP contribution in [0.1, 0.15) is 27.2 Å². The van der Waals surface area contributed by atoms with Crippen LogP contribution in [0.15, 0.2) is 35.5 Å². The van der Waals surface area contributed by atoms with E-state index in [-0.39, 0.29) is 26.2 Å². The minimum absolute atomic E-state index is 0. The van der Waals surface area contributed by atoms with Crippen LogP contribution < -0.4 is 0 Å². The van der Waals surface area contributed by atoms with E-state index in [9.17, 15) is 0 Å². The van der Waals surface area contributed by atoms with E-state index in [1.54, 1.807) is 0 Å². The molecule has 0 N–H and O–H groups in total. The smallest absolute Gasteiger partial charge is 0.307 e. The Labute approximate surface area is 113 Å². The Bertz CT molecular complexity index is 223. The SMILES string of the molecule is C=O.[C-]1=CC=CC1.[CH-]=C(C)C=C(C)C.[Zr+2]. The predicted octanol–water partition coefficient (Wildman–Crippen LogP) is 3.45. The van der Waals surface area contributed by atoms with Gasteiger partial charge in [0.25, 0.3) is 0 Å². The van der Waals surface area contributed by atoms with Gasteiger partial charge in [0, 0.05) is 0 Å². The Hall–Kier alpha value is -0.487. The molecular weight excluding hydrogens is 263 g/mol. The molecule has 0 aliphatic heterocycles. The van der Waals surface area contributed by atoms with Crippen molar-refractivity contribution in [3.63, 3.8) is 0 Å². The predicted molar refractivity (Wildman–Crippen MR) is 61.6 cm³/mol. The van der Waals surface area contributed by atoms with E-state index in [0.717, 1.165) is 12.0 Å². The van der Waals surface area contributed by atoms with Gasteiger partial charge in [-0.1, -0.05) is 20.8 Å². The van der Waals surface area contributed by atoms with Crippen molar-refractivity contribution in [3.05, 3.63) is 48.1 Å². The molecule has 0 saturated carbocycles. The van der Waals surface area contributed by atoms with Crippen LogP contribution in [0.3, 0.4) is 0 Å². The molecule has 80 valence electrons. The molecule has 0 aromatic heterocycles. The normalized spacial score (nSPS) is 9.80. The molecule has 0 aromatic rings. The first-order chi connectivity index (χ1) is 6.63. The van der Waals surface area contributed by atoms with E-state index in [1.165, 1.54) is 5.57 Å². The van der Waals surface area contributed by atoms with Crippen LogP contribution in [-0.4, -0.2) is 6.79 Å². The average molecular weight is 282 g/mol. The summed E-state index contributed by atoms with van der Waals surface area (Å²) in [5.41, 5.74) is 2.13. The number of hydrogen-bond donors (Lipinski definition) is 0. The van der Waals surface area contributed by atoms with Crippen molar-refractivity contribution in [3.8, 4) is 0 Å². The number of allylic oxidation sites excluding steroid dienone is 7. The molecule has 0 heterocycles. The zero-order chi connectivity index (χ0) is 11.4. The Balaban J connectivity index is -0.000000159. The Morgan fingerprint density at radius 2 is 1.93 bits per heavy atom. The van der Waals surface area contributed by atoms with Crippen LogP contribution in [0.4, 0.5) is 0 Å². The maximum absolute atomic E-state index is 8.00. The molecule has 0 radical (unpaired) electrons. The van der Waals surface area contributed by atoms with Gasteiger partial charge in [0.1, 0.15) is 6.79 Å². The van der Waals surface area contributed by atoms with Crippen LogP contribution in [0, 0.1) is 12.7 Å². The summed E-state index contributed by atoms with van der Waals surface area (Å²) in [4.78, 5) is 8.00. The molecule has 1 rings (SSSR count). The topological polar surface area (TPSA) is 17.1 Å². The molecular formula is C13H18OZr. The third-order valence-electron chi connectivity index (χ3n) is 1.10. The molecule has 1 nitrogen and oxygen atoms in total.